The van der Waals surface area contributed by atoms with Crippen molar-refractivity contribution in [2.45, 2.75) is 76.2 Å². The minimum atomic E-state index is 1.14. The van der Waals surface area contributed by atoms with Gasteiger partial charge >= 0.3 is 0 Å². The molecule has 0 nitrogen and oxygen atoms in total. The van der Waals surface area contributed by atoms with Gasteiger partial charge in [-0.2, -0.15) is 0 Å². The molecule has 1 aliphatic carbocycles. The fourth-order valence-corrected chi connectivity index (χ4v) is 3.18. The molecule has 1 fully saturated rings. The minimum absolute atomic E-state index is 1.14. The Kier molecular flexibility index (Phi) is 6.61. The molecule has 1 aliphatic rings. The molecule has 0 N–H and O–H groups in total. The van der Waals surface area contributed by atoms with Gasteiger partial charge in [-0.05, 0) is 0 Å². The fourth-order valence-electron chi connectivity index (χ4n) is 2.37. The third-order valence-corrected chi connectivity index (χ3v) is 4.55. The minimum Gasteiger partial charge on any atom is -0.0546 e. The van der Waals surface area contributed by atoms with Crippen LogP contribution in [0.2, 0.25) is 5.54 Å². The van der Waals surface area contributed by atoms with E-state index < -0.39 is 0 Å². The van der Waals surface area contributed by atoms with E-state index in [4.69, 9.17) is 0 Å². The van der Waals surface area contributed by atoms with Crippen molar-refractivity contribution < 1.29 is 0 Å². The lowest BCUT2D eigenvalue weighted by atomic mass is 10.0. The second kappa shape index (κ2) is 7.60. The quantitative estimate of drug-likeness (QED) is 0.523. The van der Waals surface area contributed by atoms with Gasteiger partial charge in [0.15, 0.2) is 0 Å². The largest absolute Gasteiger partial charge is 0.0546 e. The zero-order valence-corrected chi connectivity index (χ0v) is 11.4. The Balaban J connectivity index is 2.11. The van der Waals surface area contributed by atoms with Crippen molar-refractivity contribution >= 4 is 10.2 Å². The summed E-state index contributed by atoms with van der Waals surface area (Å²) in [5.41, 5.74) is 1.14. The van der Waals surface area contributed by atoms with Crippen molar-refractivity contribution in [3.63, 3.8) is 0 Å². The monoisotopic (exact) mass is 198 g/mol. The zero-order valence-electron chi connectivity index (χ0n) is 9.36. The average molecular weight is 198 g/mol. The Morgan fingerprint density at radius 1 is 0.538 bits per heavy atom. The number of rotatable bonds is 0. The third-order valence-electron chi connectivity index (χ3n) is 3.39. The highest BCUT2D eigenvalue weighted by Crippen LogP contribution is 2.22. The van der Waals surface area contributed by atoms with Crippen LogP contribution in [0, 0.1) is 0 Å². The lowest BCUT2D eigenvalue weighted by molar-refractivity contribution is 0.504. The zero-order chi connectivity index (χ0) is 9.36. The van der Waals surface area contributed by atoms with Crippen molar-refractivity contribution in [1.29, 1.82) is 0 Å². The van der Waals surface area contributed by atoms with Crippen molar-refractivity contribution in [3.05, 3.63) is 0 Å². The van der Waals surface area contributed by atoms with Crippen LogP contribution in [0.1, 0.15) is 70.6 Å². The smallest absolute Gasteiger partial charge is 0.00672 e. The van der Waals surface area contributed by atoms with Crippen LogP contribution in [-0.4, -0.2) is 10.2 Å². The molecule has 0 amide bonds. The van der Waals surface area contributed by atoms with E-state index in [2.05, 4.69) is 0 Å². The molecule has 0 aromatic rings. The fraction of sp³-hybridized carbons (Fsp3) is 1.00. The van der Waals surface area contributed by atoms with E-state index in [0.29, 0.717) is 0 Å². The predicted octanol–water partition coefficient (Wildman–Crippen LogP) is 3.45. The third kappa shape index (κ3) is 6.31. The van der Waals surface area contributed by atoms with Gasteiger partial charge in [-0.25, -0.2) is 0 Å². The van der Waals surface area contributed by atoms with Crippen LogP contribution in [0.15, 0.2) is 0 Å². The first-order valence-corrected chi connectivity index (χ1v) is 7.55. The second-order valence-electron chi connectivity index (χ2n) is 4.86. The molecule has 1 rings (SSSR count). The van der Waals surface area contributed by atoms with Crippen molar-refractivity contribution in [2.75, 3.05) is 0 Å². The number of hydrogen-bond acceptors (Lipinski definition) is 0. The molecular formula is C12H26Si. The van der Waals surface area contributed by atoms with Gasteiger partial charge < -0.3 is 0 Å². The van der Waals surface area contributed by atoms with Gasteiger partial charge in [0, 0.05) is 10.2 Å². The van der Waals surface area contributed by atoms with Crippen molar-refractivity contribution in [2.24, 2.45) is 0 Å². The summed E-state index contributed by atoms with van der Waals surface area (Å²) >= 11 is 0. The van der Waals surface area contributed by atoms with Crippen LogP contribution in [0.5, 0.6) is 0 Å². The Morgan fingerprint density at radius 2 is 0.846 bits per heavy atom. The summed E-state index contributed by atoms with van der Waals surface area (Å²) in [6.45, 7) is 0. The molecule has 0 spiro atoms. The normalized spacial score (nSPS) is 24.9. The van der Waals surface area contributed by atoms with E-state index in [0.717, 1.165) is 5.54 Å². The van der Waals surface area contributed by atoms with Gasteiger partial charge in [-0.3, -0.25) is 0 Å². The van der Waals surface area contributed by atoms with Crippen LogP contribution in [0.3, 0.4) is 0 Å². The van der Waals surface area contributed by atoms with Crippen LogP contribution in [0.25, 0.3) is 0 Å². The van der Waals surface area contributed by atoms with Crippen LogP contribution >= 0.6 is 0 Å². The Morgan fingerprint density at radius 3 is 1.23 bits per heavy atom. The molecule has 1 heteroatoms. The van der Waals surface area contributed by atoms with E-state index in [1.165, 1.54) is 68.0 Å². The van der Waals surface area contributed by atoms with Gasteiger partial charge in [-0.15, -0.1) is 0 Å². The number of hydrogen-bond donors (Lipinski definition) is 0. The van der Waals surface area contributed by atoms with E-state index >= 15 is 0 Å². The lowest BCUT2D eigenvalue weighted by Crippen LogP contribution is -1.94. The van der Waals surface area contributed by atoms with Crippen molar-refractivity contribution in [1.82, 2.24) is 0 Å². The van der Waals surface area contributed by atoms with Gasteiger partial charge in [-0.1, -0.05) is 76.2 Å². The molecule has 0 saturated heterocycles. The second-order valence-corrected chi connectivity index (χ2v) is 6.50. The molecule has 0 radical (unpaired) electrons. The van der Waals surface area contributed by atoms with E-state index in [-0.39, 0.29) is 0 Å². The molecule has 0 heterocycles. The molecule has 78 valence electrons. The average Bonchev–Trinajstić information content (AvgIpc) is 2.11. The van der Waals surface area contributed by atoms with Gasteiger partial charge in [0.2, 0.25) is 0 Å². The van der Waals surface area contributed by atoms with Crippen LogP contribution in [0.4, 0.5) is 0 Å². The molecule has 0 atom stereocenters. The molecule has 0 unspecified atom stereocenters. The highest BCUT2D eigenvalue weighted by molar-refractivity contribution is 6.11. The highest BCUT2D eigenvalue weighted by Gasteiger charge is 2.03. The standard InChI is InChI=1S/C12H26Si/c13-12-10-8-6-4-2-1-3-5-7-9-11-12/h12H,1-11H2,13H3. The van der Waals surface area contributed by atoms with Gasteiger partial charge in [0.25, 0.3) is 0 Å². The molecule has 0 bridgehead atoms. The van der Waals surface area contributed by atoms with Crippen molar-refractivity contribution in [3.8, 4) is 0 Å². The topological polar surface area (TPSA) is 0 Å². The summed E-state index contributed by atoms with van der Waals surface area (Å²) in [4.78, 5) is 0. The summed E-state index contributed by atoms with van der Waals surface area (Å²) < 4.78 is 0. The Bertz CT molecular complexity index is 99.7. The lowest BCUT2D eigenvalue weighted by Gasteiger charge is -2.12. The summed E-state index contributed by atoms with van der Waals surface area (Å²) in [5, 5.41) is 0. The van der Waals surface area contributed by atoms with Crippen LogP contribution < -0.4 is 0 Å². The predicted molar refractivity (Wildman–Crippen MR) is 64.5 cm³/mol. The molecule has 1 saturated carbocycles. The van der Waals surface area contributed by atoms with Crippen LogP contribution in [-0.2, 0) is 0 Å². The maximum Gasteiger partial charge on any atom is 0.00672 e. The maximum atomic E-state index is 1.55. The SMILES string of the molecule is [SiH3]C1CCCCCCCCCCC1. The first kappa shape index (κ1) is 11.3. The summed E-state index contributed by atoms with van der Waals surface area (Å²) in [6.07, 6.45) is 16.7. The molecule has 13 heavy (non-hydrogen) atoms. The molecular weight excluding hydrogens is 172 g/mol. The first-order chi connectivity index (χ1) is 6.39. The highest BCUT2D eigenvalue weighted by atomic mass is 28.1. The Labute approximate surface area is 86.9 Å². The van der Waals surface area contributed by atoms with E-state index in [1.54, 1.807) is 12.8 Å². The molecule has 0 aromatic heterocycles. The summed E-state index contributed by atoms with van der Waals surface area (Å²) in [6, 6.07) is 0. The maximum absolute atomic E-state index is 1.55. The summed E-state index contributed by atoms with van der Waals surface area (Å²) in [5.74, 6) is 0. The van der Waals surface area contributed by atoms with E-state index in [1.807, 2.05) is 0 Å². The van der Waals surface area contributed by atoms with Gasteiger partial charge in [0.1, 0.15) is 0 Å². The molecule has 0 aliphatic heterocycles. The Hall–Kier alpha value is 0.217. The molecule has 0 aromatic carbocycles. The van der Waals surface area contributed by atoms with Gasteiger partial charge in [0.05, 0.1) is 0 Å². The first-order valence-electron chi connectivity index (χ1n) is 6.39. The van der Waals surface area contributed by atoms with E-state index in [9.17, 15) is 0 Å². The summed E-state index contributed by atoms with van der Waals surface area (Å²) in [7, 11) is 1.44.